The number of nitrogens with zero attached hydrogens (tertiary/aromatic N) is 2. The van der Waals surface area contributed by atoms with E-state index in [4.69, 9.17) is 9.47 Å². The Hall–Kier alpha value is -3.72. The lowest BCUT2D eigenvalue weighted by Crippen LogP contribution is -2.39. The Morgan fingerprint density at radius 3 is 2.39 bits per heavy atom. The molecule has 4 unspecified atom stereocenters. The van der Waals surface area contributed by atoms with Crippen molar-refractivity contribution in [1.82, 2.24) is 20.2 Å². The quantitative estimate of drug-likeness (QED) is 0.313. The summed E-state index contributed by atoms with van der Waals surface area (Å²) < 4.78 is 15.3. The number of nitrogens with one attached hydrogen (secondary N) is 2. The molecule has 0 spiro atoms. The first-order chi connectivity index (χ1) is 18.6. The van der Waals surface area contributed by atoms with Gasteiger partial charge in [0.25, 0.3) is 0 Å². The van der Waals surface area contributed by atoms with E-state index in [9.17, 15) is 9.90 Å². The predicted molar refractivity (Wildman–Crippen MR) is 145 cm³/mol. The van der Waals surface area contributed by atoms with Crippen LogP contribution in [-0.2, 0) is 29.2 Å². The number of urea groups is 1. The number of benzene rings is 3. The first-order valence-corrected chi connectivity index (χ1v) is 13.1. The topological polar surface area (TPSA) is 97.6 Å². The number of hydrogen-bond acceptors (Lipinski definition) is 5. The molecule has 0 saturated carbocycles. The Kier molecular flexibility index (Phi) is 8.03. The van der Waals surface area contributed by atoms with Crippen LogP contribution in [0.1, 0.15) is 48.5 Å². The van der Waals surface area contributed by atoms with Crippen LogP contribution < -0.4 is 10.6 Å². The Bertz CT molecular complexity index is 1350. The summed E-state index contributed by atoms with van der Waals surface area (Å²) in [5.74, 6) is 0.0629. The van der Waals surface area contributed by atoms with Crippen molar-refractivity contribution in [2.75, 3.05) is 6.54 Å². The van der Waals surface area contributed by atoms with Gasteiger partial charge in [0.05, 0.1) is 42.7 Å². The molecule has 4 atom stereocenters. The summed E-state index contributed by atoms with van der Waals surface area (Å²) >= 11 is 0. The van der Waals surface area contributed by atoms with Gasteiger partial charge >= 0.3 is 6.03 Å². The minimum Gasteiger partial charge on any atom is -0.392 e. The second-order valence-electron chi connectivity index (χ2n) is 9.66. The van der Waals surface area contributed by atoms with Crippen molar-refractivity contribution < 1.29 is 19.4 Å². The van der Waals surface area contributed by atoms with E-state index in [1.807, 2.05) is 80.0 Å². The number of aliphatic hydroxyl groups is 1. The van der Waals surface area contributed by atoms with E-state index in [0.717, 1.165) is 33.3 Å². The molecule has 1 fully saturated rings. The molecule has 0 aliphatic carbocycles. The van der Waals surface area contributed by atoms with Crippen molar-refractivity contribution >= 4 is 17.1 Å². The molecule has 38 heavy (non-hydrogen) atoms. The molecule has 198 valence electrons. The number of ether oxygens (including phenoxy) is 2. The van der Waals surface area contributed by atoms with Crippen LogP contribution in [-0.4, -0.2) is 33.3 Å². The number of carbonyl (C=O) groups is 1. The molecule has 0 radical (unpaired) electrons. The van der Waals surface area contributed by atoms with Crippen molar-refractivity contribution in [2.24, 2.45) is 5.92 Å². The minimum absolute atomic E-state index is 0.00469. The standard InChI is InChI=1S/C30H34N4O4/c1-3-31-30(36)32-16-21-8-14-24(15-9-21)29-37-27(17-34-19-33-25-6-4-5-7-26(25)34)20(2)28(38-29)23-12-10-22(18-35)11-13-23/h4-15,19-20,27-29,35H,3,16-18H2,1-2H3,(H2,31,32,36). The molecular weight excluding hydrogens is 480 g/mol. The molecule has 2 amide bonds. The molecule has 1 saturated heterocycles. The van der Waals surface area contributed by atoms with Gasteiger partial charge in [-0.3, -0.25) is 0 Å². The van der Waals surface area contributed by atoms with Gasteiger partial charge in [0.2, 0.25) is 0 Å². The van der Waals surface area contributed by atoms with Gasteiger partial charge in [0.1, 0.15) is 0 Å². The molecule has 2 heterocycles. The molecule has 4 aromatic rings. The molecule has 3 N–H and O–H groups in total. The maximum absolute atomic E-state index is 11.7. The second kappa shape index (κ2) is 11.8. The van der Waals surface area contributed by atoms with Crippen molar-refractivity contribution in [3.63, 3.8) is 0 Å². The molecule has 1 aliphatic rings. The van der Waals surface area contributed by atoms with Crippen molar-refractivity contribution in [1.29, 1.82) is 0 Å². The average Bonchev–Trinajstić information content (AvgIpc) is 3.36. The average molecular weight is 515 g/mol. The fraction of sp³-hybridized carbons (Fsp3) is 0.333. The minimum atomic E-state index is -0.557. The van der Waals surface area contributed by atoms with Gasteiger partial charge in [-0.25, -0.2) is 9.78 Å². The number of imidazole rings is 1. The van der Waals surface area contributed by atoms with E-state index < -0.39 is 6.29 Å². The highest BCUT2D eigenvalue weighted by Crippen LogP contribution is 2.42. The summed E-state index contributed by atoms with van der Waals surface area (Å²) in [5.41, 5.74) is 5.84. The van der Waals surface area contributed by atoms with E-state index in [0.29, 0.717) is 19.6 Å². The Morgan fingerprint density at radius 2 is 1.66 bits per heavy atom. The molecular formula is C30H34N4O4. The number of aromatic nitrogens is 2. The number of rotatable bonds is 8. The van der Waals surface area contributed by atoms with Crippen LogP contribution >= 0.6 is 0 Å². The Balaban J connectivity index is 1.39. The van der Waals surface area contributed by atoms with Crippen LogP contribution in [0.4, 0.5) is 4.79 Å². The van der Waals surface area contributed by atoms with Gasteiger partial charge in [-0.15, -0.1) is 0 Å². The van der Waals surface area contributed by atoms with Crippen molar-refractivity contribution in [3.8, 4) is 0 Å². The lowest BCUT2D eigenvalue weighted by Gasteiger charge is -2.41. The van der Waals surface area contributed by atoms with Crippen molar-refractivity contribution in [3.05, 3.63) is 101 Å². The summed E-state index contributed by atoms with van der Waals surface area (Å²) in [6.45, 7) is 5.70. The molecule has 1 aromatic heterocycles. The molecule has 5 rings (SSSR count). The highest BCUT2D eigenvalue weighted by Gasteiger charge is 2.38. The molecule has 8 heteroatoms. The molecule has 0 bridgehead atoms. The lowest BCUT2D eigenvalue weighted by atomic mass is 9.90. The van der Waals surface area contributed by atoms with Crippen LogP contribution in [0.2, 0.25) is 0 Å². The zero-order valence-electron chi connectivity index (χ0n) is 21.7. The number of aliphatic hydroxyl groups excluding tert-OH is 1. The summed E-state index contributed by atoms with van der Waals surface area (Å²) in [6, 6.07) is 23.8. The van der Waals surface area contributed by atoms with Gasteiger partial charge < -0.3 is 29.8 Å². The SMILES string of the molecule is CCNC(=O)NCc1ccc(C2OC(Cn3cnc4ccccc43)C(C)C(c3ccc(CO)cc3)O2)cc1. The van der Waals surface area contributed by atoms with E-state index >= 15 is 0 Å². The fourth-order valence-electron chi connectivity index (χ4n) is 4.88. The largest absolute Gasteiger partial charge is 0.392 e. The number of hydrogen-bond donors (Lipinski definition) is 3. The molecule has 3 aromatic carbocycles. The number of fused-ring (bicyclic) bond motifs is 1. The van der Waals surface area contributed by atoms with E-state index in [1.54, 1.807) is 0 Å². The van der Waals surface area contributed by atoms with Gasteiger partial charge in [-0.2, -0.15) is 0 Å². The van der Waals surface area contributed by atoms with Crippen LogP contribution in [0.3, 0.4) is 0 Å². The number of para-hydroxylation sites is 2. The smallest absolute Gasteiger partial charge is 0.315 e. The molecule has 1 aliphatic heterocycles. The monoisotopic (exact) mass is 514 g/mol. The van der Waals surface area contributed by atoms with Crippen LogP contribution in [0.5, 0.6) is 0 Å². The zero-order valence-corrected chi connectivity index (χ0v) is 21.7. The maximum atomic E-state index is 11.7. The fourth-order valence-corrected chi connectivity index (χ4v) is 4.88. The van der Waals surface area contributed by atoms with Gasteiger partial charge in [-0.1, -0.05) is 67.6 Å². The highest BCUT2D eigenvalue weighted by atomic mass is 16.7. The number of carbonyl (C=O) groups excluding carboxylic acids is 1. The van der Waals surface area contributed by atoms with E-state index in [2.05, 4.69) is 33.2 Å². The normalized spacial score (nSPS) is 21.3. The Morgan fingerprint density at radius 1 is 0.947 bits per heavy atom. The van der Waals surface area contributed by atoms with Gasteiger partial charge in [-0.05, 0) is 35.7 Å². The highest BCUT2D eigenvalue weighted by molar-refractivity contribution is 5.75. The number of amides is 2. The van der Waals surface area contributed by atoms with E-state index in [1.165, 1.54) is 0 Å². The van der Waals surface area contributed by atoms with Crippen LogP contribution in [0.15, 0.2) is 79.1 Å². The third-order valence-corrected chi connectivity index (χ3v) is 7.07. The van der Waals surface area contributed by atoms with E-state index in [-0.39, 0.29) is 30.8 Å². The molecule has 8 nitrogen and oxygen atoms in total. The Labute approximate surface area is 222 Å². The maximum Gasteiger partial charge on any atom is 0.315 e. The zero-order chi connectivity index (χ0) is 26.5. The lowest BCUT2D eigenvalue weighted by molar-refractivity contribution is -0.276. The third kappa shape index (κ3) is 5.72. The summed E-state index contributed by atoms with van der Waals surface area (Å²) in [7, 11) is 0. The summed E-state index contributed by atoms with van der Waals surface area (Å²) in [4.78, 5) is 16.3. The second-order valence-corrected chi connectivity index (χ2v) is 9.66. The van der Waals surface area contributed by atoms with Gasteiger partial charge in [0, 0.05) is 24.6 Å². The first-order valence-electron chi connectivity index (χ1n) is 13.1. The van der Waals surface area contributed by atoms with Gasteiger partial charge in [0.15, 0.2) is 6.29 Å². The third-order valence-electron chi connectivity index (χ3n) is 7.07. The summed E-state index contributed by atoms with van der Waals surface area (Å²) in [5, 5.41) is 15.1. The van der Waals surface area contributed by atoms with Crippen LogP contribution in [0, 0.1) is 5.92 Å². The van der Waals surface area contributed by atoms with Crippen molar-refractivity contribution in [2.45, 2.75) is 52.0 Å². The summed E-state index contributed by atoms with van der Waals surface area (Å²) in [6.07, 6.45) is 0.986. The van der Waals surface area contributed by atoms with Crippen LogP contribution in [0.25, 0.3) is 11.0 Å². The first kappa shape index (κ1) is 25.9. The predicted octanol–water partition coefficient (Wildman–Crippen LogP) is 4.84.